The monoisotopic (exact) mass is 378 g/mol. The maximum Gasteiger partial charge on any atom is 0.147 e. The molecule has 2 atom stereocenters. The summed E-state index contributed by atoms with van der Waals surface area (Å²) in [7, 11) is 3.27. The highest BCUT2D eigenvalue weighted by molar-refractivity contribution is 5.78. The Kier molecular flexibility index (Phi) is 18.8. The maximum atomic E-state index is 11.9. The van der Waals surface area contributed by atoms with Crippen LogP contribution in [0, 0.1) is 0 Å². The molecule has 0 N–H and O–H groups in total. The largest absolute Gasteiger partial charge is 0.382 e. The van der Waals surface area contributed by atoms with E-state index in [-0.39, 0.29) is 25.8 Å². The molecule has 0 amide bonds. The van der Waals surface area contributed by atoms with Crippen LogP contribution in [0.1, 0.15) is 52.4 Å². The predicted molar refractivity (Wildman–Crippen MR) is 99.2 cm³/mol. The molecule has 0 aliphatic rings. The highest BCUT2D eigenvalue weighted by Gasteiger charge is 2.08. The minimum atomic E-state index is 0.0943. The van der Waals surface area contributed by atoms with Crippen LogP contribution in [-0.4, -0.2) is 72.2 Å². The van der Waals surface area contributed by atoms with Crippen LogP contribution < -0.4 is 0 Å². The van der Waals surface area contributed by atoms with Gasteiger partial charge in [0.1, 0.15) is 19.4 Å². The molecule has 0 radical (unpaired) electrons. The molecule has 0 bridgehead atoms. The van der Waals surface area contributed by atoms with Gasteiger partial charge < -0.3 is 28.4 Å². The summed E-state index contributed by atoms with van der Waals surface area (Å²) >= 11 is 0. The number of ketones is 1. The molecular formula is C19H38O7. The van der Waals surface area contributed by atoms with Crippen molar-refractivity contribution < 1.29 is 33.2 Å². The normalized spacial score (nSPS) is 13.7. The smallest absolute Gasteiger partial charge is 0.147 e. The van der Waals surface area contributed by atoms with Gasteiger partial charge in [0.05, 0.1) is 38.6 Å². The van der Waals surface area contributed by atoms with Gasteiger partial charge in [0, 0.05) is 27.1 Å². The van der Waals surface area contributed by atoms with E-state index < -0.39 is 0 Å². The van der Waals surface area contributed by atoms with Gasteiger partial charge in [-0.3, -0.25) is 4.79 Å². The molecule has 0 heterocycles. The Morgan fingerprint density at radius 2 is 1.15 bits per heavy atom. The van der Waals surface area contributed by atoms with Gasteiger partial charge >= 0.3 is 0 Å². The SMILES string of the molecule is COCCOCO[C@@H](C)CCCC(=O)CCC[C@H](C)OCOCCOC. The minimum absolute atomic E-state index is 0.0943. The van der Waals surface area contributed by atoms with Gasteiger partial charge in [-0.25, -0.2) is 0 Å². The first-order valence-corrected chi connectivity index (χ1v) is 9.48. The lowest BCUT2D eigenvalue weighted by atomic mass is 10.0. The molecule has 0 spiro atoms. The topological polar surface area (TPSA) is 72.5 Å². The number of ether oxygens (including phenoxy) is 6. The molecule has 0 aromatic carbocycles. The lowest BCUT2D eigenvalue weighted by molar-refractivity contribution is -0.120. The first kappa shape index (κ1) is 25.4. The van der Waals surface area contributed by atoms with Crippen LogP contribution in [0.4, 0.5) is 0 Å². The average Bonchev–Trinajstić information content (AvgIpc) is 2.61. The molecule has 0 aromatic heterocycles. The Bertz CT molecular complexity index is 284. The number of rotatable bonds is 20. The molecule has 26 heavy (non-hydrogen) atoms. The van der Waals surface area contributed by atoms with Crippen LogP contribution in [0.3, 0.4) is 0 Å². The first-order chi connectivity index (χ1) is 12.6. The Labute approximate surface area is 158 Å². The summed E-state index contributed by atoms with van der Waals surface area (Å²) in [5, 5.41) is 0. The molecule has 0 fully saturated rings. The second-order valence-corrected chi connectivity index (χ2v) is 6.32. The van der Waals surface area contributed by atoms with Crippen molar-refractivity contribution in [3.8, 4) is 0 Å². The second kappa shape index (κ2) is 19.2. The maximum absolute atomic E-state index is 11.9. The first-order valence-electron chi connectivity index (χ1n) is 9.48. The number of carbonyl (C=O) groups excluding carboxylic acids is 1. The number of hydrogen-bond donors (Lipinski definition) is 0. The molecule has 156 valence electrons. The molecular weight excluding hydrogens is 340 g/mol. The standard InChI is InChI=1S/C19H38O7/c1-17(25-15-23-13-11-21-3)7-5-9-19(20)10-6-8-18(2)26-16-24-14-12-22-4/h17-18H,5-16H2,1-4H3/t17-,18-/m0/s1. The van der Waals surface area contributed by atoms with E-state index >= 15 is 0 Å². The van der Waals surface area contributed by atoms with Crippen LogP contribution in [0.25, 0.3) is 0 Å². The number of methoxy groups -OCH3 is 2. The van der Waals surface area contributed by atoms with Crippen LogP contribution in [0.15, 0.2) is 0 Å². The van der Waals surface area contributed by atoms with Crippen molar-refractivity contribution in [1.82, 2.24) is 0 Å². The Hall–Kier alpha value is -0.570. The molecule has 0 saturated heterocycles. The quantitative estimate of drug-likeness (QED) is 0.238. The zero-order valence-corrected chi connectivity index (χ0v) is 17.0. The average molecular weight is 379 g/mol. The van der Waals surface area contributed by atoms with Gasteiger partial charge in [0.15, 0.2) is 0 Å². The lowest BCUT2D eigenvalue weighted by Gasteiger charge is -2.13. The minimum Gasteiger partial charge on any atom is -0.382 e. The van der Waals surface area contributed by atoms with E-state index in [1.807, 2.05) is 13.8 Å². The van der Waals surface area contributed by atoms with Crippen molar-refractivity contribution in [1.29, 1.82) is 0 Å². The molecule has 0 aliphatic heterocycles. The zero-order chi connectivity index (χ0) is 19.5. The molecule has 7 nitrogen and oxygen atoms in total. The summed E-state index contributed by atoms with van der Waals surface area (Å²) in [6.45, 7) is 6.73. The van der Waals surface area contributed by atoms with Gasteiger partial charge in [-0.1, -0.05) is 0 Å². The van der Waals surface area contributed by atoms with Gasteiger partial charge in [-0.2, -0.15) is 0 Å². The van der Waals surface area contributed by atoms with E-state index in [0.717, 1.165) is 25.7 Å². The van der Waals surface area contributed by atoms with Crippen molar-refractivity contribution in [3.05, 3.63) is 0 Å². The molecule has 0 aliphatic carbocycles. The van der Waals surface area contributed by atoms with Crippen LogP contribution in [0.2, 0.25) is 0 Å². The fraction of sp³-hybridized carbons (Fsp3) is 0.947. The summed E-state index contributed by atoms with van der Waals surface area (Å²) in [5.74, 6) is 0.303. The van der Waals surface area contributed by atoms with Crippen molar-refractivity contribution in [2.24, 2.45) is 0 Å². The third-order valence-corrected chi connectivity index (χ3v) is 3.87. The van der Waals surface area contributed by atoms with Crippen molar-refractivity contribution >= 4 is 5.78 Å². The van der Waals surface area contributed by atoms with Crippen molar-refractivity contribution in [2.75, 3.05) is 54.2 Å². The number of Topliss-reactive ketones (excluding diaryl/α,β-unsaturated/α-hetero) is 1. The van der Waals surface area contributed by atoms with E-state index in [0.29, 0.717) is 45.1 Å². The molecule has 0 rings (SSSR count). The Balaban J connectivity index is 3.45. The summed E-state index contributed by atoms with van der Waals surface area (Å²) < 4.78 is 31.3. The highest BCUT2D eigenvalue weighted by atomic mass is 16.7. The molecule has 0 aromatic rings. The lowest BCUT2D eigenvalue weighted by Crippen LogP contribution is -2.14. The van der Waals surface area contributed by atoms with E-state index in [2.05, 4.69) is 0 Å². The van der Waals surface area contributed by atoms with Gasteiger partial charge in [0.25, 0.3) is 0 Å². The third-order valence-electron chi connectivity index (χ3n) is 3.87. The Morgan fingerprint density at radius 3 is 1.54 bits per heavy atom. The van der Waals surface area contributed by atoms with Crippen molar-refractivity contribution in [3.63, 3.8) is 0 Å². The zero-order valence-electron chi connectivity index (χ0n) is 17.0. The predicted octanol–water partition coefficient (Wildman–Crippen LogP) is 2.95. The van der Waals surface area contributed by atoms with Crippen LogP contribution >= 0.6 is 0 Å². The number of carbonyl (C=O) groups is 1. The summed E-state index contributed by atoms with van der Waals surface area (Å²) in [5.41, 5.74) is 0. The number of hydrogen-bond acceptors (Lipinski definition) is 7. The van der Waals surface area contributed by atoms with E-state index in [9.17, 15) is 4.79 Å². The fourth-order valence-corrected chi connectivity index (χ4v) is 2.20. The molecule has 7 heteroatoms. The summed E-state index contributed by atoms with van der Waals surface area (Å²) in [6.07, 6.45) is 4.81. The van der Waals surface area contributed by atoms with Gasteiger partial charge in [0.2, 0.25) is 0 Å². The molecule has 0 saturated carbocycles. The Morgan fingerprint density at radius 1 is 0.731 bits per heavy atom. The third kappa shape index (κ3) is 18.2. The van der Waals surface area contributed by atoms with Crippen LogP contribution in [-0.2, 0) is 33.2 Å². The van der Waals surface area contributed by atoms with E-state index in [4.69, 9.17) is 28.4 Å². The molecule has 0 unspecified atom stereocenters. The summed E-state index contributed by atoms with van der Waals surface area (Å²) in [4.78, 5) is 11.9. The van der Waals surface area contributed by atoms with Crippen LogP contribution in [0.5, 0.6) is 0 Å². The second-order valence-electron chi connectivity index (χ2n) is 6.32. The van der Waals surface area contributed by atoms with Crippen molar-refractivity contribution in [2.45, 2.75) is 64.6 Å². The van der Waals surface area contributed by atoms with Gasteiger partial charge in [-0.15, -0.1) is 0 Å². The van der Waals surface area contributed by atoms with E-state index in [1.54, 1.807) is 14.2 Å². The fourth-order valence-electron chi connectivity index (χ4n) is 2.20. The van der Waals surface area contributed by atoms with Gasteiger partial charge in [-0.05, 0) is 39.5 Å². The summed E-state index contributed by atoms with van der Waals surface area (Å²) in [6, 6.07) is 0. The highest BCUT2D eigenvalue weighted by Crippen LogP contribution is 2.10. The van der Waals surface area contributed by atoms with E-state index in [1.165, 1.54) is 0 Å².